The summed E-state index contributed by atoms with van der Waals surface area (Å²) in [7, 11) is 1.51. The van der Waals surface area contributed by atoms with Gasteiger partial charge in [0.05, 0.1) is 19.4 Å². The van der Waals surface area contributed by atoms with E-state index in [9.17, 15) is 4.79 Å². The van der Waals surface area contributed by atoms with E-state index < -0.39 is 5.97 Å². The van der Waals surface area contributed by atoms with Crippen LogP contribution in [-0.4, -0.2) is 24.7 Å². The van der Waals surface area contributed by atoms with Crippen molar-refractivity contribution in [1.82, 2.24) is 4.98 Å². The largest absolute Gasteiger partial charge is 0.473 e. The molecule has 0 N–H and O–H groups in total. The van der Waals surface area contributed by atoms with Crippen molar-refractivity contribution in [3.05, 3.63) is 34.2 Å². The highest BCUT2D eigenvalue weighted by Crippen LogP contribution is 2.33. The number of aromatic nitrogens is 1. The zero-order chi connectivity index (χ0) is 13.8. The van der Waals surface area contributed by atoms with E-state index in [0.717, 1.165) is 5.56 Å². The van der Waals surface area contributed by atoms with Gasteiger partial charge in [0.1, 0.15) is 4.88 Å². The first-order chi connectivity index (χ1) is 9.15. The van der Waals surface area contributed by atoms with Gasteiger partial charge in [0.2, 0.25) is 0 Å². The third kappa shape index (κ3) is 3.05. The van der Waals surface area contributed by atoms with E-state index in [4.69, 9.17) is 21.1 Å². The fraction of sp³-hybridized carbons (Fsp3) is 0.231. The van der Waals surface area contributed by atoms with Crippen LogP contribution >= 0.6 is 22.9 Å². The molecule has 4 nitrogen and oxygen atoms in total. The Labute approximate surface area is 120 Å². The van der Waals surface area contributed by atoms with E-state index >= 15 is 0 Å². The van der Waals surface area contributed by atoms with E-state index in [1.807, 2.05) is 0 Å². The van der Waals surface area contributed by atoms with E-state index in [1.165, 1.54) is 18.4 Å². The summed E-state index contributed by atoms with van der Waals surface area (Å²) in [5.41, 5.74) is 1.35. The van der Waals surface area contributed by atoms with Gasteiger partial charge in [-0.25, -0.2) is 9.78 Å². The van der Waals surface area contributed by atoms with Crippen molar-refractivity contribution in [1.29, 1.82) is 0 Å². The Hall–Kier alpha value is -1.59. The molecule has 1 aromatic heterocycles. The molecular formula is C13H12ClNO3S. The highest BCUT2D eigenvalue weighted by Gasteiger charge is 2.20. The summed E-state index contributed by atoms with van der Waals surface area (Å²) >= 11 is 7.02. The van der Waals surface area contributed by atoms with Gasteiger partial charge in [-0.2, -0.15) is 0 Å². The molecule has 0 aliphatic heterocycles. The minimum absolute atomic E-state index is 0.319. The van der Waals surface area contributed by atoms with Crippen LogP contribution in [0.3, 0.4) is 0 Å². The summed E-state index contributed by atoms with van der Waals surface area (Å²) in [6.45, 7) is 2.08. The Balaban J connectivity index is 2.46. The van der Waals surface area contributed by atoms with E-state index in [0.29, 0.717) is 27.4 Å². The van der Waals surface area contributed by atoms with Crippen LogP contribution in [0.1, 0.15) is 16.6 Å². The number of benzene rings is 1. The first kappa shape index (κ1) is 13.8. The van der Waals surface area contributed by atoms with Crippen LogP contribution < -0.4 is 4.74 Å². The number of ether oxygens (including phenoxy) is 2. The van der Waals surface area contributed by atoms with Crippen molar-refractivity contribution in [2.24, 2.45) is 0 Å². The first-order valence-electron chi connectivity index (χ1n) is 5.63. The Kier molecular flexibility index (Phi) is 4.39. The second-order valence-electron chi connectivity index (χ2n) is 3.59. The predicted octanol–water partition coefficient (Wildman–Crippen LogP) is 3.65. The van der Waals surface area contributed by atoms with Crippen LogP contribution in [-0.2, 0) is 4.74 Å². The van der Waals surface area contributed by atoms with Gasteiger partial charge in [0.15, 0.2) is 0 Å². The number of thiazole rings is 1. The number of methoxy groups -OCH3 is 1. The molecule has 2 rings (SSSR count). The Morgan fingerprint density at radius 1 is 1.37 bits per heavy atom. The minimum atomic E-state index is -0.395. The monoisotopic (exact) mass is 297 g/mol. The lowest BCUT2D eigenvalue weighted by Gasteiger charge is -2.02. The highest BCUT2D eigenvalue weighted by atomic mass is 35.5. The zero-order valence-electron chi connectivity index (χ0n) is 10.5. The van der Waals surface area contributed by atoms with Gasteiger partial charge in [-0.3, -0.25) is 0 Å². The van der Waals surface area contributed by atoms with Crippen molar-refractivity contribution in [2.45, 2.75) is 6.92 Å². The average molecular weight is 298 g/mol. The normalized spacial score (nSPS) is 10.3. The van der Waals surface area contributed by atoms with Crippen LogP contribution in [0.2, 0.25) is 5.02 Å². The molecule has 0 atom stereocenters. The van der Waals surface area contributed by atoms with Crippen LogP contribution in [0.4, 0.5) is 0 Å². The van der Waals surface area contributed by atoms with Crippen molar-refractivity contribution in [2.75, 3.05) is 13.7 Å². The number of hydrogen-bond acceptors (Lipinski definition) is 5. The number of hydrogen-bond donors (Lipinski definition) is 0. The lowest BCUT2D eigenvalue weighted by Crippen LogP contribution is -2.03. The van der Waals surface area contributed by atoms with E-state index in [-0.39, 0.29) is 0 Å². The molecule has 0 fully saturated rings. The molecular weight excluding hydrogens is 286 g/mol. The first-order valence-corrected chi connectivity index (χ1v) is 6.83. The van der Waals surface area contributed by atoms with Crippen LogP contribution in [0.15, 0.2) is 24.3 Å². The third-order valence-electron chi connectivity index (χ3n) is 2.36. The van der Waals surface area contributed by atoms with Gasteiger partial charge >= 0.3 is 5.97 Å². The molecule has 0 unspecified atom stereocenters. The molecule has 0 saturated heterocycles. The van der Waals surface area contributed by atoms with Crippen LogP contribution in [0.5, 0.6) is 5.19 Å². The number of nitrogens with zero attached hydrogens (tertiary/aromatic N) is 1. The van der Waals surface area contributed by atoms with E-state index in [2.05, 4.69) is 4.98 Å². The molecule has 0 aliphatic carbocycles. The smallest absolute Gasteiger partial charge is 0.350 e. The lowest BCUT2D eigenvalue weighted by atomic mass is 10.1. The van der Waals surface area contributed by atoms with Gasteiger partial charge < -0.3 is 9.47 Å². The standard InChI is InChI=1S/C13H12ClNO3S/c1-3-18-12(16)11-10(15-13(17-2)19-11)8-4-6-9(14)7-5-8/h4-7H,3H2,1-2H3. The summed E-state index contributed by atoms with van der Waals surface area (Å²) in [5.74, 6) is -0.395. The molecule has 19 heavy (non-hydrogen) atoms. The number of carbonyl (C=O) groups is 1. The second-order valence-corrected chi connectivity index (χ2v) is 4.99. The number of halogens is 1. The summed E-state index contributed by atoms with van der Waals surface area (Å²) < 4.78 is 10.1. The maximum absolute atomic E-state index is 11.9. The molecule has 0 aliphatic rings. The number of rotatable bonds is 4. The van der Waals surface area contributed by atoms with Gasteiger partial charge in [0.25, 0.3) is 5.19 Å². The molecule has 0 bridgehead atoms. The van der Waals surface area contributed by atoms with Gasteiger partial charge in [-0.15, -0.1) is 0 Å². The SMILES string of the molecule is CCOC(=O)c1sc(OC)nc1-c1ccc(Cl)cc1. The summed E-state index contributed by atoms with van der Waals surface area (Å²) in [4.78, 5) is 16.6. The fourth-order valence-electron chi connectivity index (χ4n) is 1.53. The molecule has 1 aromatic carbocycles. The second kappa shape index (κ2) is 6.04. The van der Waals surface area contributed by atoms with E-state index in [1.54, 1.807) is 31.2 Å². The molecule has 6 heteroatoms. The average Bonchev–Trinajstić information content (AvgIpc) is 2.84. The van der Waals surface area contributed by atoms with Gasteiger partial charge in [0, 0.05) is 10.6 Å². The molecule has 0 amide bonds. The Bertz CT molecular complexity index is 580. The van der Waals surface area contributed by atoms with Crippen molar-refractivity contribution in [3.8, 4) is 16.5 Å². The predicted molar refractivity (Wildman–Crippen MR) is 75.1 cm³/mol. The van der Waals surface area contributed by atoms with Crippen molar-refractivity contribution >= 4 is 28.9 Å². The van der Waals surface area contributed by atoms with Crippen LogP contribution in [0.25, 0.3) is 11.3 Å². The Morgan fingerprint density at radius 3 is 2.63 bits per heavy atom. The molecule has 0 spiro atoms. The molecule has 100 valence electrons. The fourth-order valence-corrected chi connectivity index (χ4v) is 2.45. The highest BCUT2D eigenvalue weighted by molar-refractivity contribution is 7.15. The minimum Gasteiger partial charge on any atom is -0.473 e. The topological polar surface area (TPSA) is 48.4 Å². The zero-order valence-corrected chi connectivity index (χ0v) is 12.0. The maximum Gasteiger partial charge on any atom is 0.350 e. The molecule has 1 heterocycles. The van der Waals surface area contributed by atoms with Crippen molar-refractivity contribution in [3.63, 3.8) is 0 Å². The third-order valence-corrected chi connectivity index (χ3v) is 3.61. The Morgan fingerprint density at radius 2 is 2.05 bits per heavy atom. The number of carbonyl (C=O) groups excluding carboxylic acids is 1. The van der Waals surface area contributed by atoms with Crippen LogP contribution in [0, 0.1) is 0 Å². The summed E-state index contributed by atoms with van der Waals surface area (Å²) in [5, 5.41) is 1.05. The van der Waals surface area contributed by atoms with Gasteiger partial charge in [-0.1, -0.05) is 35.1 Å². The quantitative estimate of drug-likeness (QED) is 0.808. The lowest BCUT2D eigenvalue weighted by molar-refractivity contribution is 0.0532. The summed E-state index contributed by atoms with van der Waals surface area (Å²) in [6, 6.07) is 7.11. The number of esters is 1. The van der Waals surface area contributed by atoms with Crippen molar-refractivity contribution < 1.29 is 14.3 Å². The molecule has 0 radical (unpaired) electrons. The summed E-state index contributed by atoms with van der Waals surface area (Å²) in [6.07, 6.45) is 0. The maximum atomic E-state index is 11.9. The van der Waals surface area contributed by atoms with Gasteiger partial charge in [-0.05, 0) is 19.1 Å². The molecule has 2 aromatic rings. The molecule has 0 saturated carbocycles.